The SMILES string of the molecule is CCn1c(SCC(=O)Nc2sc3c(c2C#N)CCC(C(C)(C)CC)C3)nnc1-c1ccccn1. The molecule has 1 aliphatic rings. The van der Waals surface area contributed by atoms with E-state index in [2.05, 4.69) is 47.3 Å². The third kappa shape index (κ3) is 4.89. The lowest BCUT2D eigenvalue weighted by Gasteiger charge is -2.36. The van der Waals surface area contributed by atoms with Gasteiger partial charge in [0.2, 0.25) is 5.91 Å². The van der Waals surface area contributed by atoms with Crippen molar-refractivity contribution in [3.8, 4) is 17.6 Å². The van der Waals surface area contributed by atoms with Crippen LogP contribution in [0.1, 0.15) is 56.5 Å². The topological polar surface area (TPSA) is 96.5 Å². The van der Waals surface area contributed by atoms with E-state index < -0.39 is 0 Å². The van der Waals surface area contributed by atoms with Crippen molar-refractivity contribution in [3.63, 3.8) is 0 Å². The molecule has 7 nitrogen and oxygen atoms in total. The van der Waals surface area contributed by atoms with Gasteiger partial charge < -0.3 is 9.88 Å². The molecule has 0 saturated carbocycles. The molecule has 4 rings (SSSR count). The number of hydrogen-bond acceptors (Lipinski definition) is 7. The molecule has 0 spiro atoms. The quantitative estimate of drug-likeness (QED) is 0.412. The standard InChI is InChI=1S/C25H30N6OS2/c1-5-25(3,4)16-10-11-17-18(14-26)23(34-20(17)13-16)28-21(32)15-33-24-30-29-22(31(24)6-2)19-9-7-8-12-27-19/h7-9,12,16H,5-6,10-11,13,15H2,1-4H3,(H,28,32). The van der Waals surface area contributed by atoms with Gasteiger partial charge in [0.25, 0.3) is 0 Å². The van der Waals surface area contributed by atoms with Crippen molar-refractivity contribution in [3.05, 3.63) is 40.4 Å². The second-order valence-electron chi connectivity index (χ2n) is 9.20. The molecular formula is C25H30N6OS2. The minimum absolute atomic E-state index is 0.143. The highest BCUT2D eigenvalue weighted by Crippen LogP contribution is 2.45. The van der Waals surface area contributed by atoms with Crippen LogP contribution in [0.3, 0.4) is 0 Å². The van der Waals surface area contributed by atoms with Crippen molar-refractivity contribution >= 4 is 34.0 Å². The van der Waals surface area contributed by atoms with Gasteiger partial charge >= 0.3 is 0 Å². The van der Waals surface area contributed by atoms with Crippen molar-refractivity contribution in [2.45, 2.75) is 65.1 Å². The fourth-order valence-corrected chi connectivity index (χ4v) is 6.50. The largest absolute Gasteiger partial charge is 0.316 e. The number of amides is 1. The molecule has 9 heteroatoms. The molecular weight excluding hydrogens is 464 g/mol. The number of aromatic nitrogens is 4. The van der Waals surface area contributed by atoms with Crippen LogP contribution in [0.15, 0.2) is 29.6 Å². The molecule has 178 valence electrons. The van der Waals surface area contributed by atoms with Gasteiger partial charge in [-0.1, -0.05) is 45.0 Å². The Hall–Kier alpha value is -2.70. The lowest BCUT2D eigenvalue weighted by Crippen LogP contribution is -2.28. The summed E-state index contributed by atoms with van der Waals surface area (Å²) in [6, 6.07) is 8.01. The number of anilines is 1. The van der Waals surface area contributed by atoms with Gasteiger partial charge in [0.1, 0.15) is 16.8 Å². The van der Waals surface area contributed by atoms with Crippen molar-refractivity contribution in [2.24, 2.45) is 11.3 Å². The molecule has 3 heterocycles. The number of thiophene rings is 1. The van der Waals surface area contributed by atoms with Crippen molar-refractivity contribution < 1.29 is 4.79 Å². The summed E-state index contributed by atoms with van der Waals surface area (Å²) in [6.07, 6.45) is 5.84. The van der Waals surface area contributed by atoms with E-state index in [0.29, 0.717) is 34.0 Å². The number of nitrogens with zero attached hydrogens (tertiary/aromatic N) is 5. The Kier molecular flexibility index (Phi) is 7.39. The van der Waals surface area contributed by atoms with E-state index in [1.54, 1.807) is 17.5 Å². The molecule has 1 amide bonds. The lowest BCUT2D eigenvalue weighted by atomic mass is 9.69. The number of nitriles is 1. The summed E-state index contributed by atoms with van der Waals surface area (Å²) in [4.78, 5) is 18.4. The summed E-state index contributed by atoms with van der Waals surface area (Å²) < 4.78 is 1.96. The molecule has 1 atom stereocenters. The van der Waals surface area contributed by atoms with Gasteiger partial charge in [-0.2, -0.15) is 5.26 Å². The predicted octanol–water partition coefficient (Wildman–Crippen LogP) is 5.57. The minimum Gasteiger partial charge on any atom is -0.316 e. The van der Waals surface area contributed by atoms with Gasteiger partial charge in [0.05, 0.1) is 11.3 Å². The van der Waals surface area contributed by atoms with Crippen LogP contribution in [0.2, 0.25) is 0 Å². The molecule has 0 aliphatic heterocycles. The van der Waals surface area contributed by atoms with E-state index in [1.165, 1.54) is 16.6 Å². The number of fused-ring (bicyclic) bond motifs is 1. The summed E-state index contributed by atoms with van der Waals surface area (Å²) in [5.41, 5.74) is 2.79. The van der Waals surface area contributed by atoms with Crippen molar-refractivity contribution in [1.29, 1.82) is 5.26 Å². The third-order valence-corrected chi connectivity index (χ3v) is 9.04. The number of nitrogens with one attached hydrogen (secondary N) is 1. The van der Waals surface area contributed by atoms with Crippen LogP contribution in [-0.2, 0) is 24.2 Å². The summed E-state index contributed by atoms with van der Waals surface area (Å²) in [5.74, 6) is 1.34. The molecule has 1 N–H and O–H groups in total. The van der Waals surface area contributed by atoms with E-state index in [4.69, 9.17) is 0 Å². The first-order valence-corrected chi connectivity index (χ1v) is 13.5. The van der Waals surface area contributed by atoms with Gasteiger partial charge in [0.15, 0.2) is 11.0 Å². The maximum Gasteiger partial charge on any atom is 0.235 e. The fourth-order valence-electron chi connectivity index (χ4n) is 4.41. The zero-order valence-electron chi connectivity index (χ0n) is 20.1. The Bertz CT molecular complexity index is 1210. The van der Waals surface area contributed by atoms with Crippen LogP contribution in [0.5, 0.6) is 0 Å². The molecule has 1 unspecified atom stereocenters. The summed E-state index contributed by atoms with van der Waals surface area (Å²) in [6.45, 7) is 9.59. The van der Waals surface area contributed by atoms with Gasteiger partial charge in [-0.15, -0.1) is 21.5 Å². The molecule has 0 radical (unpaired) electrons. The van der Waals surface area contributed by atoms with Crippen LogP contribution in [0.4, 0.5) is 5.00 Å². The lowest BCUT2D eigenvalue weighted by molar-refractivity contribution is -0.113. The van der Waals surface area contributed by atoms with Crippen molar-refractivity contribution in [1.82, 2.24) is 19.7 Å². The first-order chi connectivity index (χ1) is 16.4. The van der Waals surface area contributed by atoms with Crippen LogP contribution in [0, 0.1) is 22.7 Å². The van der Waals surface area contributed by atoms with E-state index in [1.807, 2.05) is 29.7 Å². The number of thioether (sulfide) groups is 1. The van der Waals surface area contributed by atoms with Gasteiger partial charge in [-0.3, -0.25) is 9.78 Å². The molecule has 0 aromatic carbocycles. The number of carbonyl (C=O) groups excluding carboxylic acids is 1. The number of rotatable bonds is 8. The summed E-state index contributed by atoms with van der Waals surface area (Å²) in [5, 5.41) is 22.7. The Morgan fingerprint density at radius 1 is 1.35 bits per heavy atom. The molecule has 1 aliphatic carbocycles. The maximum absolute atomic E-state index is 12.8. The monoisotopic (exact) mass is 494 g/mol. The highest BCUT2D eigenvalue weighted by molar-refractivity contribution is 7.99. The molecule has 3 aromatic heterocycles. The van der Waals surface area contributed by atoms with E-state index in [9.17, 15) is 10.1 Å². The van der Waals surface area contributed by atoms with Gasteiger partial charge in [-0.25, -0.2) is 0 Å². The Morgan fingerprint density at radius 2 is 2.18 bits per heavy atom. The highest BCUT2D eigenvalue weighted by Gasteiger charge is 2.34. The molecule has 0 saturated heterocycles. The number of pyridine rings is 1. The van der Waals surface area contributed by atoms with Crippen LogP contribution >= 0.6 is 23.1 Å². The van der Waals surface area contributed by atoms with E-state index in [0.717, 1.165) is 36.9 Å². The zero-order valence-corrected chi connectivity index (χ0v) is 21.7. The Labute approximate surface area is 209 Å². The molecule has 0 fully saturated rings. The smallest absolute Gasteiger partial charge is 0.235 e. The third-order valence-electron chi connectivity index (χ3n) is 6.91. The average molecular weight is 495 g/mol. The minimum atomic E-state index is -0.143. The average Bonchev–Trinajstić information content (AvgIpc) is 3.42. The molecule has 34 heavy (non-hydrogen) atoms. The first-order valence-electron chi connectivity index (χ1n) is 11.7. The molecule has 0 bridgehead atoms. The zero-order chi connectivity index (χ0) is 24.3. The highest BCUT2D eigenvalue weighted by atomic mass is 32.2. The second-order valence-corrected chi connectivity index (χ2v) is 11.3. The number of hydrogen-bond donors (Lipinski definition) is 1. The van der Waals surface area contributed by atoms with Crippen LogP contribution < -0.4 is 5.32 Å². The van der Waals surface area contributed by atoms with Crippen molar-refractivity contribution in [2.75, 3.05) is 11.1 Å². The van der Waals surface area contributed by atoms with Crippen LogP contribution in [0.25, 0.3) is 11.5 Å². The van der Waals surface area contributed by atoms with Gasteiger partial charge in [-0.05, 0) is 55.2 Å². The van der Waals surface area contributed by atoms with Gasteiger partial charge in [0, 0.05) is 17.6 Å². The second kappa shape index (κ2) is 10.3. The predicted molar refractivity (Wildman–Crippen MR) is 137 cm³/mol. The maximum atomic E-state index is 12.8. The summed E-state index contributed by atoms with van der Waals surface area (Å²) in [7, 11) is 0. The van der Waals surface area contributed by atoms with E-state index >= 15 is 0 Å². The van der Waals surface area contributed by atoms with E-state index in [-0.39, 0.29) is 17.1 Å². The number of carbonyl (C=O) groups is 1. The van der Waals surface area contributed by atoms with Crippen LogP contribution in [-0.4, -0.2) is 31.4 Å². The summed E-state index contributed by atoms with van der Waals surface area (Å²) >= 11 is 2.91. The normalized spacial score (nSPS) is 15.6. The first kappa shape index (κ1) is 24.4. The molecule has 3 aromatic rings. The fraction of sp³-hybridized carbons (Fsp3) is 0.480. The Balaban J connectivity index is 1.45. The Morgan fingerprint density at radius 3 is 2.85 bits per heavy atom.